The minimum atomic E-state index is -3.60. The molecule has 8 heteroatoms. The third kappa shape index (κ3) is 5.61. The molecule has 3 N–H and O–H groups in total. The molecule has 7 nitrogen and oxygen atoms in total. The molecule has 0 aliphatic carbocycles. The van der Waals surface area contributed by atoms with Gasteiger partial charge in [0, 0.05) is 18.2 Å². The van der Waals surface area contributed by atoms with Crippen LogP contribution < -0.4 is 10.0 Å². The Morgan fingerprint density at radius 3 is 2.08 bits per heavy atom. The molecular formula is C16H24N2O5S. The summed E-state index contributed by atoms with van der Waals surface area (Å²) in [5.41, 5.74) is 0.266. The van der Waals surface area contributed by atoms with E-state index in [4.69, 9.17) is 5.11 Å². The van der Waals surface area contributed by atoms with Crippen molar-refractivity contribution in [2.45, 2.75) is 38.6 Å². The van der Waals surface area contributed by atoms with Crippen LogP contribution in [0.1, 0.15) is 38.1 Å². The Hall–Kier alpha value is -1.93. The number of aliphatic carboxylic acids is 1. The van der Waals surface area contributed by atoms with Crippen LogP contribution in [0.5, 0.6) is 0 Å². The van der Waals surface area contributed by atoms with Crippen molar-refractivity contribution in [3.63, 3.8) is 0 Å². The van der Waals surface area contributed by atoms with Gasteiger partial charge < -0.3 is 10.4 Å². The first-order chi connectivity index (χ1) is 11.0. The molecule has 24 heavy (non-hydrogen) atoms. The Balaban J connectivity index is 2.80. The summed E-state index contributed by atoms with van der Waals surface area (Å²) >= 11 is 0. The number of carboxylic acids is 1. The first-order valence-electron chi connectivity index (χ1n) is 7.68. The summed E-state index contributed by atoms with van der Waals surface area (Å²) in [6, 6.07) is 4.95. The number of amides is 1. The standard InChI is InChI=1S/C16H24N2O5S/c1-10(2)9-17-24(22,23)14-7-5-13(6-8-14)15(19)18-12(4)11(3)16(20)21/h5-8,10-12,17H,9H2,1-4H3,(H,18,19)(H,20,21). The predicted molar refractivity (Wildman–Crippen MR) is 90.2 cm³/mol. The van der Waals surface area contributed by atoms with E-state index in [0.717, 1.165) is 0 Å². The first kappa shape index (κ1) is 20.1. The Morgan fingerprint density at radius 1 is 1.08 bits per heavy atom. The molecular weight excluding hydrogens is 332 g/mol. The number of carbonyl (C=O) groups excluding carboxylic acids is 1. The van der Waals surface area contributed by atoms with E-state index < -0.39 is 33.9 Å². The second-order valence-corrected chi connectivity index (χ2v) is 7.93. The predicted octanol–water partition coefficient (Wildman–Crippen LogP) is 1.46. The van der Waals surface area contributed by atoms with Crippen LogP contribution in [-0.2, 0) is 14.8 Å². The second kappa shape index (κ2) is 8.25. The molecule has 0 radical (unpaired) electrons. The molecule has 1 aromatic carbocycles. The van der Waals surface area contributed by atoms with E-state index >= 15 is 0 Å². The van der Waals surface area contributed by atoms with E-state index in [1.807, 2.05) is 13.8 Å². The highest BCUT2D eigenvalue weighted by molar-refractivity contribution is 7.89. The quantitative estimate of drug-likeness (QED) is 0.653. The summed E-state index contributed by atoms with van der Waals surface area (Å²) in [5, 5.41) is 11.5. The molecule has 0 saturated carbocycles. The van der Waals surface area contributed by atoms with Crippen LogP contribution in [0.3, 0.4) is 0 Å². The lowest BCUT2D eigenvalue weighted by Crippen LogP contribution is -2.40. The molecule has 0 fully saturated rings. The summed E-state index contributed by atoms with van der Waals surface area (Å²) in [6.07, 6.45) is 0. The zero-order chi connectivity index (χ0) is 18.5. The first-order valence-corrected chi connectivity index (χ1v) is 9.16. The van der Waals surface area contributed by atoms with Crippen molar-refractivity contribution in [3.05, 3.63) is 29.8 Å². The summed E-state index contributed by atoms with van der Waals surface area (Å²) in [4.78, 5) is 23.1. The van der Waals surface area contributed by atoms with Gasteiger partial charge in [0.1, 0.15) is 0 Å². The number of hydrogen-bond acceptors (Lipinski definition) is 4. The third-order valence-electron chi connectivity index (χ3n) is 3.61. The maximum Gasteiger partial charge on any atom is 0.308 e. The molecule has 0 heterocycles. The van der Waals surface area contributed by atoms with Gasteiger partial charge in [-0.2, -0.15) is 0 Å². The van der Waals surface area contributed by atoms with Crippen LogP contribution >= 0.6 is 0 Å². The van der Waals surface area contributed by atoms with E-state index in [2.05, 4.69) is 10.0 Å². The van der Waals surface area contributed by atoms with Crippen LogP contribution in [0, 0.1) is 11.8 Å². The second-order valence-electron chi connectivity index (χ2n) is 6.16. The Labute approximate surface area is 142 Å². The molecule has 0 aliphatic heterocycles. The number of carboxylic acid groups (broad SMARTS) is 1. The van der Waals surface area contributed by atoms with Crippen molar-refractivity contribution in [2.24, 2.45) is 11.8 Å². The zero-order valence-electron chi connectivity index (χ0n) is 14.2. The fourth-order valence-electron chi connectivity index (χ4n) is 1.77. The molecule has 0 bridgehead atoms. The molecule has 0 saturated heterocycles. The zero-order valence-corrected chi connectivity index (χ0v) is 15.1. The molecule has 2 atom stereocenters. The largest absolute Gasteiger partial charge is 0.481 e. The maximum atomic E-state index is 12.1. The third-order valence-corrected chi connectivity index (χ3v) is 5.05. The maximum absolute atomic E-state index is 12.1. The van der Waals surface area contributed by atoms with E-state index in [1.54, 1.807) is 6.92 Å². The number of hydrogen-bond donors (Lipinski definition) is 3. The van der Waals surface area contributed by atoms with Crippen molar-refractivity contribution in [3.8, 4) is 0 Å². The highest BCUT2D eigenvalue weighted by Gasteiger charge is 2.22. The molecule has 1 aromatic rings. The van der Waals surface area contributed by atoms with Crippen LogP contribution in [0.15, 0.2) is 29.2 Å². The number of nitrogens with one attached hydrogen (secondary N) is 2. The van der Waals surface area contributed by atoms with Gasteiger partial charge >= 0.3 is 5.97 Å². The van der Waals surface area contributed by atoms with Gasteiger partial charge in [-0.1, -0.05) is 13.8 Å². The number of carbonyl (C=O) groups is 2. The Kier molecular flexibility index (Phi) is 6.92. The molecule has 1 amide bonds. The highest BCUT2D eigenvalue weighted by atomic mass is 32.2. The molecule has 1 rings (SSSR count). The van der Waals surface area contributed by atoms with Crippen molar-refractivity contribution in [1.82, 2.24) is 10.0 Å². The van der Waals surface area contributed by atoms with Crippen LogP contribution in [0.25, 0.3) is 0 Å². The Morgan fingerprint density at radius 2 is 1.62 bits per heavy atom. The van der Waals surface area contributed by atoms with Gasteiger partial charge in [0.05, 0.1) is 10.8 Å². The van der Waals surface area contributed by atoms with Gasteiger partial charge in [-0.25, -0.2) is 13.1 Å². The van der Waals surface area contributed by atoms with Crippen molar-refractivity contribution in [1.29, 1.82) is 0 Å². The monoisotopic (exact) mass is 356 g/mol. The lowest BCUT2D eigenvalue weighted by atomic mass is 10.0. The van der Waals surface area contributed by atoms with Gasteiger partial charge in [-0.3, -0.25) is 9.59 Å². The topological polar surface area (TPSA) is 113 Å². The van der Waals surface area contributed by atoms with Gasteiger partial charge in [0.2, 0.25) is 10.0 Å². The van der Waals surface area contributed by atoms with E-state index in [0.29, 0.717) is 6.54 Å². The fourth-order valence-corrected chi connectivity index (χ4v) is 2.99. The fraction of sp³-hybridized carbons (Fsp3) is 0.500. The van der Waals surface area contributed by atoms with Gasteiger partial charge in [0.15, 0.2) is 0 Å². The van der Waals surface area contributed by atoms with E-state index in [1.165, 1.54) is 31.2 Å². The summed E-state index contributed by atoms with van der Waals surface area (Å²) in [6.45, 7) is 7.23. The molecule has 0 spiro atoms. The van der Waals surface area contributed by atoms with Crippen molar-refractivity contribution >= 4 is 21.9 Å². The smallest absolute Gasteiger partial charge is 0.308 e. The van der Waals surface area contributed by atoms with E-state index in [9.17, 15) is 18.0 Å². The molecule has 0 aromatic heterocycles. The average molecular weight is 356 g/mol. The van der Waals surface area contributed by atoms with E-state index in [-0.39, 0.29) is 16.4 Å². The minimum Gasteiger partial charge on any atom is -0.481 e. The molecule has 134 valence electrons. The normalized spacial score (nSPS) is 14.2. The van der Waals surface area contributed by atoms with Crippen LogP contribution in [-0.4, -0.2) is 38.0 Å². The highest BCUT2D eigenvalue weighted by Crippen LogP contribution is 2.12. The van der Waals surface area contributed by atoms with Crippen LogP contribution in [0.2, 0.25) is 0 Å². The summed E-state index contributed by atoms with van der Waals surface area (Å²) < 4.78 is 26.7. The Bertz CT molecular complexity index is 683. The van der Waals surface area contributed by atoms with Crippen LogP contribution in [0.4, 0.5) is 0 Å². The number of rotatable bonds is 8. The lowest BCUT2D eigenvalue weighted by Gasteiger charge is -2.17. The summed E-state index contributed by atoms with van der Waals surface area (Å²) in [7, 11) is -3.60. The van der Waals surface area contributed by atoms with Crippen molar-refractivity contribution in [2.75, 3.05) is 6.54 Å². The summed E-state index contributed by atoms with van der Waals surface area (Å²) in [5.74, 6) is -1.99. The molecule has 0 aliphatic rings. The van der Waals surface area contributed by atoms with Crippen molar-refractivity contribution < 1.29 is 23.1 Å². The number of sulfonamides is 1. The lowest BCUT2D eigenvalue weighted by molar-refractivity contribution is -0.141. The van der Waals surface area contributed by atoms with Gasteiger partial charge in [-0.15, -0.1) is 0 Å². The SMILES string of the molecule is CC(C)CNS(=O)(=O)c1ccc(C(=O)NC(C)C(C)C(=O)O)cc1. The molecule has 2 unspecified atom stereocenters. The number of benzene rings is 1. The minimum absolute atomic E-state index is 0.0756. The average Bonchev–Trinajstić information content (AvgIpc) is 2.52. The van der Waals surface area contributed by atoms with Gasteiger partial charge in [0.25, 0.3) is 5.91 Å². The van der Waals surface area contributed by atoms with Gasteiger partial charge in [-0.05, 0) is 44.0 Å².